The molecule has 20 heavy (non-hydrogen) atoms. The van der Waals surface area contributed by atoms with Gasteiger partial charge in [0.2, 0.25) is 0 Å². The number of hydrogen-bond acceptors (Lipinski definition) is 3. The number of rotatable bonds is 4. The lowest BCUT2D eigenvalue weighted by Crippen LogP contribution is -2.25. The van der Waals surface area contributed by atoms with E-state index in [-0.39, 0.29) is 0 Å². The molecule has 0 saturated carbocycles. The van der Waals surface area contributed by atoms with Crippen molar-refractivity contribution in [3.05, 3.63) is 23.7 Å². The van der Waals surface area contributed by atoms with E-state index in [0.717, 1.165) is 35.5 Å². The van der Waals surface area contributed by atoms with Gasteiger partial charge in [0, 0.05) is 29.8 Å². The minimum absolute atomic E-state index is 0.307. The summed E-state index contributed by atoms with van der Waals surface area (Å²) >= 11 is 8.01. The van der Waals surface area contributed by atoms with Gasteiger partial charge in [0.15, 0.2) is 5.65 Å². The first-order chi connectivity index (χ1) is 9.61. The van der Waals surface area contributed by atoms with Crippen molar-refractivity contribution >= 4 is 34.5 Å². The molecule has 0 N–H and O–H groups in total. The van der Waals surface area contributed by atoms with Crippen LogP contribution in [0, 0.1) is 6.92 Å². The van der Waals surface area contributed by atoms with E-state index in [1.54, 1.807) is 0 Å². The zero-order valence-electron chi connectivity index (χ0n) is 12.0. The number of pyridine rings is 1. The third kappa shape index (κ3) is 2.68. The van der Waals surface area contributed by atoms with Gasteiger partial charge < -0.3 is 4.57 Å². The monoisotopic (exact) mass is 309 g/mol. The maximum absolute atomic E-state index is 5.94. The van der Waals surface area contributed by atoms with E-state index in [2.05, 4.69) is 41.2 Å². The number of aromatic nitrogens is 3. The molecule has 3 nitrogen and oxygen atoms in total. The first kappa shape index (κ1) is 14.2. The van der Waals surface area contributed by atoms with Crippen LogP contribution in [-0.4, -0.2) is 30.9 Å². The summed E-state index contributed by atoms with van der Waals surface area (Å²) in [7, 11) is 0. The second-order valence-electron chi connectivity index (χ2n) is 5.81. The van der Waals surface area contributed by atoms with Crippen molar-refractivity contribution in [2.75, 3.05) is 11.6 Å². The molecule has 0 bridgehead atoms. The molecule has 1 fully saturated rings. The van der Waals surface area contributed by atoms with Gasteiger partial charge in [-0.1, -0.05) is 0 Å². The quantitative estimate of drug-likeness (QED) is 0.805. The van der Waals surface area contributed by atoms with Gasteiger partial charge in [0.05, 0.1) is 0 Å². The Balaban J connectivity index is 2.04. The minimum atomic E-state index is 0.307. The second kappa shape index (κ2) is 5.57. The van der Waals surface area contributed by atoms with Crippen molar-refractivity contribution in [2.24, 2.45) is 0 Å². The van der Waals surface area contributed by atoms with Crippen molar-refractivity contribution < 1.29 is 0 Å². The van der Waals surface area contributed by atoms with Crippen LogP contribution in [0.1, 0.15) is 31.2 Å². The van der Waals surface area contributed by atoms with Crippen LogP contribution in [-0.2, 0) is 13.0 Å². The summed E-state index contributed by atoms with van der Waals surface area (Å²) in [5.74, 6) is 2.94. The third-order valence-corrected chi connectivity index (χ3v) is 5.62. The fourth-order valence-corrected chi connectivity index (χ4v) is 4.36. The van der Waals surface area contributed by atoms with Gasteiger partial charge in [0.25, 0.3) is 0 Å². The van der Waals surface area contributed by atoms with Crippen LogP contribution in [0.3, 0.4) is 0 Å². The number of aryl methyl sites for hydroxylation is 2. The van der Waals surface area contributed by atoms with Crippen LogP contribution >= 0.6 is 23.4 Å². The average molecular weight is 310 g/mol. The molecule has 1 aliphatic rings. The van der Waals surface area contributed by atoms with E-state index in [9.17, 15) is 0 Å². The number of imidazole rings is 1. The minimum Gasteiger partial charge on any atom is -0.311 e. The summed E-state index contributed by atoms with van der Waals surface area (Å²) in [6.07, 6.45) is 5.31. The molecule has 2 aromatic rings. The van der Waals surface area contributed by atoms with Crippen LogP contribution < -0.4 is 0 Å². The third-order valence-electron chi connectivity index (χ3n) is 3.91. The summed E-state index contributed by atoms with van der Waals surface area (Å²) in [4.78, 5) is 9.35. The van der Waals surface area contributed by atoms with Gasteiger partial charge >= 0.3 is 0 Å². The molecule has 0 aliphatic carbocycles. The van der Waals surface area contributed by atoms with Crippen molar-refractivity contribution in [2.45, 2.75) is 44.4 Å². The van der Waals surface area contributed by atoms with E-state index < -0.39 is 0 Å². The van der Waals surface area contributed by atoms with Gasteiger partial charge in [0.1, 0.15) is 11.3 Å². The molecule has 0 spiro atoms. The molecule has 1 atom stereocenters. The first-order valence-electron chi connectivity index (χ1n) is 7.13. The first-order valence-corrected chi connectivity index (χ1v) is 8.65. The molecule has 108 valence electrons. The highest BCUT2D eigenvalue weighted by Crippen LogP contribution is 2.39. The van der Waals surface area contributed by atoms with Crippen LogP contribution in [0.4, 0.5) is 0 Å². The van der Waals surface area contributed by atoms with E-state index in [0.29, 0.717) is 10.6 Å². The number of thioether (sulfide) groups is 1. The van der Waals surface area contributed by atoms with Crippen LogP contribution in [0.5, 0.6) is 0 Å². The summed E-state index contributed by atoms with van der Waals surface area (Å²) in [5, 5.41) is 0. The Kier molecular flexibility index (Phi) is 3.95. The number of alkyl halides is 1. The molecule has 0 amide bonds. The van der Waals surface area contributed by atoms with E-state index in [1.807, 2.05) is 6.20 Å². The van der Waals surface area contributed by atoms with Crippen LogP contribution in [0.15, 0.2) is 12.3 Å². The van der Waals surface area contributed by atoms with E-state index in [1.165, 1.54) is 18.6 Å². The Morgan fingerprint density at radius 1 is 1.50 bits per heavy atom. The van der Waals surface area contributed by atoms with Crippen molar-refractivity contribution in [1.82, 2.24) is 14.5 Å². The lowest BCUT2D eigenvalue weighted by molar-refractivity contribution is 0.505. The molecule has 3 heterocycles. The zero-order valence-corrected chi connectivity index (χ0v) is 13.6. The predicted molar refractivity (Wildman–Crippen MR) is 86.8 cm³/mol. The summed E-state index contributed by atoms with van der Waals surface area (Å²) in [6, 6.07) is 2.11. The lowest BCUT2D eigenvalue weighted by atomic mass is 10.1. The largest absolute Gasteiger partial charge is 0.311 e. The van der Waals surface area contributed by atoms with Gasteiger partial charge in [-0.2, -0.15) is 11.8 Å². The highest BCUT2D eigenvalue weighted by molar-refractivity contribution is 8.00. The summed E-state index contributed by atoms with van der Waals surface area (Å²) in [5.41, 5.74) is 3.15. The predicted octanol–water partition coefficient (Wildman–Crippen LogP) is 3.81. The topological polar surface area (TPSA) is 30.7 Å². The van der Waals surface area contributed by atoms with Crippen LogP contribution in [0.25, 0.3) is 11.2 Å². The number of hydrogen-bond donors (Lipinski definition) is 0. The van der Waals surface area contributed by atoms with Crippen molar-refractivity contribution in [1.29, 1.82) is 0 Å². The van der Waals surface area contributed by atoms with Crippen molar-refractivity contribution in [3.63, 3.8) is 0 Å². The molecule has 0 aromatic carbocycles. The molecule has 0 radical (unpaired) electrons. The number of nitrogens with zero attached hydrogens (tertiary/aromatic N) is 3. The van der Waals surface area contributed by atoms with Crippen molar-refractivity contribution in [3.8, 4) is 0 Å². The highest BCUT2D eigenvalue weighted by atomic mass is 35.5. The fraction of sp³-hybridized carbons (Fsp3) is 0.600. The Morgan fingerprint density at radius 2 is 2.35 bits per heavy atom. The maximum atomic E-state index is 5.94. The Labute approximate surface area is 129 Å². The second-order valence-corrected chi connectivity index (χ2v) is 7.87. The Hall–Kier alpha value is -0.740. The lowest BCUT2D eigenvalue weighted by Gasteiger charge is -2.24. The molecule has 1 aliphatic heterocycles. The van der Waals surface area contributed by atoms with Crippen LogP contribution in [0.2, 0.25) is 0 Å². The summed E-state index contributed by atoms with van der Waals surface area (Å²) < 4.78 is 2.59. The molecule has 5 heteroatoms. The fourth-order valence-electron chi connectivity index (χ4n) is 2.90. The van der Waals surface area contributed by atoms with Gasteiger partial charge in [-0.25, -0.2) is 9.97 Å². The molecule has 2 aromatic heterocycles. The number of halogens is 1. The van der Waals surface area contributed by atoms with E-state index in [4.69, 9.17) is 16.6 Å². The molecule has 1 saturated heterocycles. The maximum Gasteiger partial charge on any atom is 0.160 e. The molecular weight excluding hydrogens is 290 g/mol. The summed E-state index contributed by atoms with van der Waals surface area (Å²) in [6.45, 7) is 5.40. The standard InChI is InChI=1S/C15H20ClN3S/c1-11-8-12-14(17-9-11)19(13(18-12)4-6-16)10-15(2)5-3-7-20-15/h8-9H,3-7,10H2,1-2H3. The Bertz CT molecular complexity index is 617. The van der Waals surface area contributed by atoms with E-state index >= 15 is 0 Å². The highest BCUT2D eigenvalue weighted by Gasteiger charge is 2.31. The SMILES string of the molecule is Cc1cnc2c(c1)nc(CCCl)n2CC1(C)CCCS1. The molecular formula is C15H20ClN3S. The van der Waals surface area contributed by atoms with Gasteiger partial charge in [-0.05, 0) is 44.1 Å². The zero-order chi connectivity index (χ0) is 14.2. The number of fused-ring (bicyclic) bond motifs is 1. The molecule has 1 unspecified atom stereocenters. The average Bonchev–Trinajstić information content (AvgIpc) is 2.96. The van der Waals surface area contributed by atoms with Gasteiger partial charge in [-0.15, -0.1) is 11.6 Å². The molecule has 3 rings (SSSR count). The smallest absolute Gasteiger partial charge is 0.160 e. The van der Waals surface area contributed by atoms with Gasteiger partial charge in [-0.3, -0.25) is 0 Å². The Morgan fingerprint density at radius 3 is 3.05 bits per heavy atom. The normalized spacial score (nSPS) is 22.8.